The Balaban J connectivity index is 1.54. The summed E-state index contributed by atoms with van der Waals surface area (Å²) < 4.78 is 11.1. The molecule has 0 bridgehead atoms. The molecule has 0 radical (unpaired) electrons. The summed E-state index contributed by atoms with van der Waals surface area (Å²) in [5.41, 5.74) is 4.63. The van der Waals surface area contributed by atoms with Gasteiger partial charge in [-0.2, -0.15) is 0 Å². The van der Waals surface area contributed by atoms with E-state index in [1.54, 1.807) is 35.8 Å². The lowest BCUT2D eigenvalue weighted by Crippen LogP contribution is -2.34. The summed E-state index contributed by atoms with van der Waals surface area (Å²) in [6.07, 6.45) is 0. The number of benzene rings is 2. The zero-order valence-corrected chi connectivity index (χ0v) is 19.0. The van der Waals surface area contributed by atoms with E-state index in [4.69, 9.17) is 9.47 Å². The molecule has 0 aliphatic rings. The number of carbonyl (C=O) groups excluding carboxylic acids is 2. The number of carbonyl (C=O) groups is 2. The Hall–Kier alpha value is -3.59. The highest BCUT2D eigenvalue weighted by atomic mass is 32.1. The molecule has 3 amide bonds. The number of methoxy groups -OCH3 is 1. The lowest BCUT2D eigenvalue weighted by atomic mass is 10.1. The fourth-order valence-electron chi connectivity index (χ4n) is 2.81. The first kappa shape index (κ1) is 23.1. The van der Waals surface area contributed by atoms with Gasteiger partial charge in [0.1, 0.15) is 6.61 Å². The normalized spacial score (nSPS) is 10.5. The molecule has 0 unspecified atom stereocenters. The number of anilines is 1. The highest BCUT2D eigenvalue weighted by Gasteiger charge is 2.12. The molecule has 3 N–H and O–H groups in total. The van der Waals surface area contributed by atoms with Crippen molar-refractivity contribution in [2.75, 3.05) is 12.4 Å². The van der Waals surface area contributed by atoms with Crippen LogP contribution in [0.1, 0.15) is 35.5 Å². The van der Waals surface area contributed by atoms with Crippen molar-refractivity contribution in [1.29, 1.82) is 0 Å². The lowest BCUT2D eigenvalue weighted by Gasteiger charge is -2.12. The van der Waals surface area contributed by atoms with Gasteiger partial charge in [0.15, 0.2) is 11.5 Å². The van der Waals surface area contributed by atoms with Crippen molar-refractivity contribution < 1.29 is 19.1 Å². The SMILES string of the molecule is COc1cc(C(=O)NCc2ccc(NC(=O)NC(C)C)cc2)ccc1OCc1cscn1. The van der Waals surface area contributed by atoms with Gasteiger partial charge in [0.25, 0.3) is 5.91 Å². The quantitative estimate of drug-likeness (QED) is 0.450. The van der Waals surface area contributed by atoms with Crippen LogP contribution in [0.4, 0.5) is 10.5 Å². The van der Waals surface area contributed by atoms with Gasteiger partial charge in [0, 0.05) is 29.2 Å². The third-order valence-electron chi connectivity index (χ3n) is 4.37. The number of nitrogens with zero attached hydrogens (tertiary/aromatic N) is 1. The average molecular weight is 455 g/mol. The number of rotatable bonds is 9. The van der Waals surface area contributed by atoms with Crippen LogP contribution in [0, 0.1) is 0 Å². The molecule has 2 aromatic carbocycles. The van der Waals surface area contributed by atoms with Crippen molar-refractivity contribution in [2.45, 2.75) is 33.0 Å². The van der Waals surface area contributed by atoms with Crippen molar-refractivity contribution >= 4 is 29.0 Å². The van der Waals surface area contributed by atoms with Crippen LogP contribution in [0.25, 0.3) is 0 Å². The average Bonchev–Trinajstić information content (AvgIpc) is 3.30. The predicted molar refractivity (Wildman–Crippen MR) is 124 cm³/mol. The molecule has 0 spiro atoms. The van der Waals surface area contributed by atoms with E-state index in [-0.39, 0.29) is 18.0 Å². The molecule has 3 rings (SSSR count). The van der Waals surface area contributed by atoms with Crippen molar-refractivity contribution in [1.82, 2.24) is 15.6 Å². The molecule has 32 heavy (non-hydrogen) atoms. The molecule has 8 nitrogen and oxygen atoms in total. The second kappa shape index (κ2) is 11.1. The third kappa shape index (κ3) is 6.71. The first-order chi connectivity index (χ1) is 15.4. The van der Waals surface area contributed by atoms with Crippen LogP contribution in [-0.4, -0.2) is 30.1 Å². The minimum atomic E-state index is -0.256. The summed E-state index contributed by atoms with van der Waals surface area (Å²) >= 11 is 1.50. The van der Waals surface area contributed by atoms with Crippen molar-refractivity contribution in [3.8, 4) is 11.5 Å². The standard InChI is InChI=1S/C23H26N4O4S/c1-15(2)26-23(29)27-18-7-4-16(5-8-18)11-24-22(28)17-6-9-20(21(10-17)30-3)31-12-19-13-32-14-25-19/h4-10,13-15H,11-12H2,1-3H3,(H,24,28)(H2,26,27,29). The highest BCUT2D eigenvalue weighted by Crippen LogP contribution is 2.29. The van der Waals surface area contributed by atoms with Gasteiger partial charge in [-0.15, -0.1) is 11.3 Å². The molecule has 1 heterocycles. The van der Waals surface area contributed by atoms with Gasteiger partial charge in [-0.3, -0.25) is 4.79 Å². The molecule has 0 fully saturated rings. The monoisotopic (exact) mass is 454 g/mol. The van der Waals surface area contributed by atoms with Crippen LogP contribution < -0.4 is 25.4 Å². The Labute approximate surface area is 191 Å². The van der Waals surface area contributed by atoms with E-state index in [0.29, 0.717) is 35.9 Å². The van der Waals surface area contributed by atoms with Crippen LogP contribution in [-0.2, 0) is 13.2 Å². The minimum absolute atomic E-state index is 0.0571. The smallest absolute Gasteiger partial charge is 0.319 e. The van der Waals surface area contributed by atoms with E-state index in [2.05, 4.69) is 20.9 Å². The van der Waals surface area contributed by atoms with Crippen LogP contribution in [0.5, 0.6) is 11.5 Å². The maximum absolute atomic E-state index is 12.6. The Morgan fingerprint density at radius 1 is 1.09 bits per heavy atom. The Morgan fingerprint density at radius 2 is 1.88 bits per heavy atom. The maximum atomic E-state index is 12.6. The van der Waals surface area contributed by atoms with Crippen molar-refractivity contribution in [2.24, 2.45) is 0 Å². The number of amides is 3. The molecule has 0 aliphatic carbocycles. The largest absolute Gasteiger partial charge is 0.493 e. The zero-order valence-electron chi connectivity index (χ0n) is 18.2. The fourth-order valence-corrected chi connectivity index (χ4v) is 3.35. The van der Waals surface area contributed by atoms with E-state index in [0.717, 1.165) is 11.3 Å². The van der Waals surface area contributed by atoms with Crippen LogP contribution in [0.15, 0.2) is 53.4 Å². The number of aromatic nitrogens is 1. The highest BCUT2D eigenvalue weighted by molar-refractivity contribution is 7.07. The van der Waals surface area contributed by atoms with Crippen LogP contribution in [0.3, 0.4) is 0 Å². The summed E-state index contributed by atoms with van der Waals surface area (Å²) in [5, 5.41) is 10.3. The molecule has 3 aromatic rings. The van der Waals surface area contributed by atoms with Gasteiger partial charge in [-0.05, 0) is 49.7 Å². The number of thiazole rings is 1. The second-order valence-corrected chi connectivity index (χ2v) is 7.99. The number of hydrogen-bond donors (Lipinski definition) is 3. The molecule has 0 saturated carbocycles. The fraction of sp³-hybridized carbons (Fsp3) is 0.261. The number of hydrogen-bond acceptors (Lipinski definition) is 6. The molecule has 168 valence electrons. The number of ether oxygens (including phenoxy) is 2. The van der Waals surface area contributed by atoms with E-state index < -0.39 is 0 Å². The van der Waals surface area contributed by atoms with Crippen LogP contribution >= 0.6 is 11.3 Å². The molecule has 0 saturated heterocycles. The number of urea groups is 1. The van der Waals surface area contributed by atoms with Gasteiger partial charge < -0.3 is 25.4 Å². The first-order valence-corrected chi connectivity index (χ1v) is 11.0. The van der Waals surface area contributed by atoms with Crippen molar-refractivity contribution in [3.05, 3.63) is 70.2 Å². The number of nitrogens with one attached hydrogen (secondary N) is 3. The summed E-state index contributed by atoms with van der Waals surface area (Å²) in [6, 6.07) is 12.1. The molecule has 0 atom stereocenters. The molecular formula is C23H26N4O4S. The first-order valence-electron chi connectivity index (χ1n) is 10.1. The Kier molecular flexibility index (Phi) is 8.04. The summed E-state index contributed by atoms with van der Waals surface area (Å²) in [5.74, 6) is 0.789. The van der Waals surface area contributed by atoms with Crippen LogP contribution in [0.2, 0.25) is 0 Å². The maximum Gasteiger partial charge on any atom is 0.319 e. The minimum Gasteiger partial charge on any atom is -0.493 e. The summed E-state index contributed by atoms with van der Waals surface area (Å²) in [7, 11) is 1.53. The van der Waals surface area contributed by atoms with Crippen molar-refractivity contribution in [3.63, 3.8) is 0 Å². The zero-order chi connectivity index (χ0) is 22.9. The predicted octanol–water partition coefficient (Wildman–Crippen LogP) is 4.19. The topological polar surface area (TPSA) is 102 Å². The lowest BCUT2D eigenvalue weighted by molar-refractivity contribution is 0.0950. The molecule has 9 heteroatoms. The van der Waals surface area contributed by atoms with Gasteiger partial charge in [-0.1, -0.05) is 12.1 Å². The van der Waals surface area contributed by atoms with E-state index >= 15 is 0 Å². The Morgan fingerprint density at radius 3 is 2.53 bits per heavy atom. The second-order valence-electron chi connectivity index (χ2n) is 7.27. The van der Waals surface area contributed by atoms with E-state index in [1.807, 2.05) is 31.4 Å². The summed E-state index contributed by atoms with van der Waals surface area (Å²) in [6.45, 7) is 4.46. The van der Waals surface area contributed by atoms with E-state index in [9.17, 15) is 9.59 Å². The third-order valence-corrected chi connectivity index (χ3v) is 5.00. The van der Waals surface area contributed by atoms with Gasteiger partial charge in [-0.25, -0.2) is 9.78 Å². The van der Waals surface area contributed by atoms with Gasteiger partial charge in [0.2, 0.25) is 0 Å². The summed E-state index contributed by atoms with van der Waals surface area (Å²) in [4.78, 5) is 28.5. The van der Waals surface area contributed by atoms with Gasteiger partial charge in [0.05, 0.1) is 18.3 Å². The van der Waals surface area contributed by atoms with E-state index in [1.165, 1.54) is 18.4 Å². The molecule has 0 aliphatic heterocycles. The Bertz CT molecular complexity index is 1040. The van der Waals surface area contributed by atoms with Gasteiger partial charge >= 0.3 is 6.03 Å². The molecule has 1 aromatic heterocycles. The molecular weight excluding hydrogens is 428 g/mol.